The monoisotopic (exact) mass is 241 g/mol. The van der Waals surface area contributed by atoms with Crippen molar-refractivity contribution >= 4 is 11.8 Å². The average molecular weight is 241 g/mol. The highest BCUT2D eigenvalue weighted by Gasteiger charge is 2.31. The van der Waals surface area contributed by atoms with E-state index in [2.05, 4.69) is 4.90 Å². The second kappa shape index (κ2) is 5.63. The van der Waals surface area contributed by atoms with Gasteiger partial charge in [-0.05, 0) is 27.2 Å². The summed E-state index contributed by atoms with van der Waals surface area (Å²) in [6, 6.07) is -0.206. The van der Waals surface area contributed by atoms with Crippen LogP contribution in [0.3, 0.4) is 0 Å². The molecule has 1 rings (SSSR count). The molecule has 1 atom stereocenters. The first-order chi connectivity index (χ1) is 7.83. The van der Waals surface area contributed by atoms with Gasteiger partial charge < -0.3 is 4.74 Å². The van der Waals surface area contributed by atoms with Gasteiger partial charge in [0, 0.05) is 25.9 Å². The molecular weight excluding hydrogens is 218 g/mol. The molecule has 0 aromatic carbocycles. The van der Waals surface area contributed by atoms with Crippen molar-refractivity contribution in [2.24, 2.45) is 0 Å². The zero-order chi connectivity index (χ0) is 13.1. The van der Waals surface area contributed by atoms with Gasteiger partial charge in [-0.25, -0.2) is 0 Å². The van der Waals surface area contributed by atoms with Gasteiger partial charge in [0.1, 0.15) is 17.4 Å². The van der Waals surface area contributed by atoms with E-state index in [-0.39, 0.29) is 12.0 Å². The van der Waals surface area contributed by atoms with Gasteiger partial charge in [0.25, 0.3) is 0 Å². The number of carbonyl (C=O) groups is 2. The summed E-state index contributed by atoms with van der Waals surface area (Å²) >= 11 is 0. The van der Waals surface area contributed by atoms with Gasteiger partial charge in [-0.1, -0.05) is 6.92 Å². The average Bonchev–Trinajstić information content (AvgIpc) is 2.19. The van der Waals surface area contributed by atoms with Gasteiger partial charge in [-0.3, -0.25) is 14.5 Å². The fraction of sp³-hybridized carbons (Fsp3) is 0.846. The second-order valence-electron chi connectivity index (χ2n) is 5.53. The number of ether oxygens (including phenoxy) is 1. The van der Waals surface area contributed by atoms with E-state index >= 15 is 0 Å². The molecule has 0 bridgehead atoms. The van der Waals surface area contributed by atoms with Crippen molar-refractivity contribution in [1.82, 2.24) is 4.90 Å². The molecule has 0 aromatic rings. The lowest BCUT2D eigenvalue weighted by molar-refractivity contribution is -0.162. The topological polar surface area (TPSA) is 46.6 Å². The molecule has 4 heteroatoms. The number of hydrogen-bond donors (Lipinski definition) is 0. The van der Waals surface area contributed by atoms with Gasteiger partial charge in [-0.2, -0.15) is 0 Å². The fourth-order valence-corrected chi connectivity index (χ4v) is 2.03. The Labute approximate surface area is 103 Å². The minimum atomic E-state index is -0.448. The fourth-order valence-electron chi connectivity index (χ4n) is 2.03. The molecule has 17 heavy (non-hydrogen) atoms. The highest BCUT2D eigenvalue weighted by molar-refractivity contribution is 5.80. The second-order valence-corrected chi connectivity index (χ2v) is 5.53. The van der Waals surface area contributed by atoms with E-state index in [4.69, 9.17) is 4.74 Å². The molecule has 1 aliphatic rings. The Bertz CT molecular complexity index is 284. The van der Waals surface area contributed by atoms with E-state index in [9.17, 15) is 9.59 Å². The first-order valence-electron chi connectivity index (χ1n) is 6.32. The van der Waals surface area contributed by atoms with Crippen molar-refractivity contribution in [2.45, 2.75) is 58.6 Å². The number of esters is 1. The minimum Gasteiger partial charge on any atom is -0.459 e. The summed E-state index contributed by atoms with van der Waals surface area (Å²) in [5.74, 6) is 0.120. The minimum absolute atomic E-state index is 0.172. The van der Waals surface area contributed by atoms with Gasteiger partial charge in [0.15, 0.2) is 0 Å². The molecule has 98 valence electrons. The van der Waals surface area contributed by atoms with Crippen LogP contribution in [-0.4, -0.2) is 41.4 Å². The van der Waals surface area contributed by atoms with E-state index in [1.54, 1.807) is 0 Å². The van der Waals surface area contributed by atoms with Crippen LogP contribution in [-0.2, 0) is 14.3 Å². The van der Waals surface area contributed by atoms with Crippen LogP contribution in [0.4, 0.5) is 0 Å². The SMILES string of the molecule is CCC(C(=O)OC(C)(C)C)N1CCC(=O)CC1. The molecule has 4 nitrogen and oxygen atoms in total. The highest BCUT2D eigenvalue weighted by atomic mass is 16.6. The first kappa shape index (κ1) is 14.2. The Morgan fingerprint density at radius 3 is 2.29 bits per heavy atom. The number of hydrogen-bond acceptors (Lipinski definition) is 4. The van der Waals surface area contributed by atoms with Crippen molar-refractivity contribution in [3.8, 4) is 0 Å². The molecule has 0 N–H and O–H groups in total. The van der Waals surface area contributed by atoms with Crippen LogP contribution in [0, 0.1) is 0 Å². The number of nitrogens with zero attached hydrogens (tertiary/aromatic N) is 1. The van der Waals surface area contributed by atoms with E-state index in [0.29, 0.717) is 31.7 Å². The standard InChI is InChI=1S/C13H23NO3/c1-5-11(12(16)17-13(2,3)4)14-8-6-10(15)7-9-14/h11H,5-9H2,1-4H3. The van der Waals surface area contributed by atoms with Gasteiger partial charge >= 0.3 is 5.97 Å². The van der Waals surface area contributed by atoms with Gasteiger partial charge in [0.2, 0.25) is 0 Å². The molecule has 0 saturated carbocycles. The summed E-state index contributed by atoms with van der Waals surface area (Å²) in [4.78, 5) is 25.3. The number of rotatable bonds is 3. The van der Waals surface area contributed by atoms with Gasteiger partial charge in [-0.15, -0.1) is 0 Å². The summed E-state index contributed by atoms with van der Waals surface area (Å²) < 4.78 is 5.41. The van der Waals surface area contributed by atoms with E-state index in [1.165, 1.54) is 0 Å². The molecule has 0 amide bonds. The van der Waals surface area contributed by atoms with Crippen LogP contribution in [0.2, 0.25) is 0 Å². The van der Waals surface area contributed by atoms with Crippen LogP contribution in [0.25, 0.3) is 0 Å². The lowest BCUT2D eigenvalue weighted by atomic mass is 10.1. The van der Waals surface area contributed by atoms with Crippen molar-refractivity contribution < 1.29 is 14.3 Å². The first-order valence-corrected chi connectivity index (χ1v) is 6.32. The summed E-state index contributed by atoms with van der Waals surface area (Å²) in [5, 5.41) is 0. The predicted molar refractivity (Wildman–Crippen MR) is 65.7 cm³/mol. The molecule has 0 radical (unpaired) electrons. The smallest absolute Gasteiger partial charge is 0.323 e. The van der Waals surface area contributed by atoms with Crippen LogP contribution in [0.1, 0.15) is 47.0 Å². The van der Waals surface area contributed by atoms with Crippen LogP contribution in [0.15, 0.2) is 0 Å². The molecule has 1 heterocycles. The third kappa shape index (κ3) is 4.46. The van der Waals surface area contributed by atoms with E-state index in [0.717, 1.165) is 6.42 Å². The number of Topliss-reactive ketones (excluding diaryl/α,β-unsaturated/α-hetero) is 1. The zero-order valence-corrected chi connectivity index (χ0v) is 11.3. The van der Waals surface area contributed by atoms with Gasteiger partial charge in [0.05, 0.1) is 0 Å². The van der Waals surface area contributed by atoms with Crippen LogP contribution >= 0.6 is 0 Å². The Balaban J connectivity index is 2.58. The van der Waals surface area contributed by atoms with Crippen molar-refractivity contribution in [3.63, 3.8) is 0 Å². The molecule has 1 unspecified atom stereocenters. The quantitative estimate of drug-likeness (QED) is 0.706. The lowest BCUT2D eigenvalue weighted by Crippen LogP contribution is -2.47. The Kier molecular flexibility index (Phi) is 4.69. The molecular formula is C13H23NO3. The normalized spacial score (nSPS) is 20.1. The Morgan fingerprint density at radius 1 is 1.35 bits per heavy atom. The maximum absolute atomic E-state index is 12.0. The lowest BCUT2D eigenvalue weighted by Gasteiger charge is -2.33. The molecule has 0 aromatic heterocycles. The molecule has 0 aliphatic carbocycles. The van der Waals surface area contributed by atoms with E-state index in [1.807, 2.05) is 27.7 Å². The summed E-state index contributed by atoms with van der Waals surface area (Å²) in [7, 11) is 0. The van der Waals surface area contributed by atoms with Crippen molar-refractivity contribution in [1.29, 1.82) is 0 Å². The number of piperidine rings is 1. The Morgan fingerprint density at radius 2 is 1.88 bits per heavy atom. The third-order valence-electron chi connectivity index (χ3n) is 2.86. The highest BCUT2D eigenvalue weighted by Crippen LogP contribution is 2.16. The predicted octanol–water partition coefficient (Wildman–Crippen LogP) is 1.77. The number of likely N-dealkylation sites (tertiary alicyclic amines) is 1. The largest absolute Gasteiger partial charge is 0.459 e. The summed E-state index contributed by atoms with van der Waals surface area (Å²) in [5.41, 5.74) is -0.448. The molecule has 0 spiro atoms. The maximum atomic E-state index is 12.0. The molecule has 1 fully saturated rings. The third-order valence-corrected chi connectivity index (χ3v) is 2.86. The van der Waals surface area contributed by atoms with E-state index < -0.39 is 5.60 Å². The number of carbonyl (C=O) groups excluding carboxylic acids is 2. The summed E-state index contributed by atoms with van der Waals surface area (Å²) in [6.45, 7) is 8.95. The van der Waals surface area contributed by atoms with Crippen LogP contribution < -0.4 is 0 Å². The molecule has 1 saturated heterocycles. The number of ketones is 1. The van der Waals surface area contributed by atoms with Crippen molar-refractivity contribution in [3.05, 3.63) is 0 Å². The zero-order valence-electron chi connectivity index (χ0n) is 11.3. The molecule has 1 aliphatic heterocycles. The summed E-state index contributed by atoms with van der Waals surface area (Å²) in [6.07, 6.45) is 1.84. The van der Waals surface area contributed by atoms with Crippen LogP contribution in [0.5, 0.6) is 0 Å². The Hall–Kier alpha value is -0.900. The maximum Gasteiger partial charge on any atom is 0.323 e. The van der Waals surface area contributed by atoms with Crippen molar-refractivity contribution in [2.75, 3.05) is 13.1 Å².